The van der Waals surface area contributed by atoms with Crippen molar-refractivity contribution in [2.75, 3.05) is 13.2 Å². The van der Waals surface area contributed by atoms with Crippen molar-refractivity contribution >= 4 is 11.8 Å². The second-order valence-electron chi connectivity index (χ2n) is 8.81. The Hall–Kier alpha value is -3.27. The van der Waals surface area contributed by atoms with Crippen molar-refractivity contribution in [3.05, 3.63) is 62.6 Å². The number of halogens is 2. The molecule has 3 atom stereocenters. The fraction of sp³-hybridized carbons (Fsp3) is 0.458. The Labute approximate surface area is 195 Å². The Bertz CT molecular complexity index is 1190. The van der Waals surface area contributed by atoms with Crippen LogP contribution in [-0.4, -0.2) is 51.7 Å². The summed E-state index contributed by atoms with van der Waals surface area (Å²) in [6, 6.07) is 1.76. The molecular weight excluding hydrogens is 448 g/mol. The molecule has 4 rings (SSSR count). The fourth-order valence-electron chi connectivity index (χ4n) is 4.76. The van der Waals surface area contributed by atoms with Gasteiger partial charge < -0.3 is 24.6 Å². The molecule has 182 valence electrons. The minimum Gasteiger partial charge on any atom is -0.503 e. The summed E-state index contributed by atoms with van der Waals surface area (Å²) in [5, 5.41) is 13.0. The van der Waals surface area contributed by atoms with Crippen molar-refractivity contribution in [3.8, 4) is 5.75 Å². The molecule has 1 fully saturated rings. The topological polar surface area (TPSA) is 101 Å². The van der Waals surface area contributed by atoms with Crippen LogP contribution in [0.5, 0.6) is 5.75 Å². The first-order chi connectivity index (χ1) is 16.1. The van der Waals surface area contributed by atoms with E-state index in [9.17, 15) is 28.3 Å². The minimum atomic E-state index is -1.03. The van der Waals surface area contributed by atoms with Crippen LogP contribution in [0.3, 0.4) is 0 Å². The van der Waals surface area contributed by atoms with Crippen LogP contribution in [0.1, 0.15) is 64.7 Å². The molecule has 2 N–H and O–H groups in total. The number of carbonyl (C=O) groups excluding carboxylic acids is 2. The molecule has 0 unspecified atom stereocenters. The molecule has 2 aliphatic heterocycles. The maximum Gasteiger partial charge on any atom is 0.274 e. The molecule has 0 saturated carbocycles. The van der Waals surface area contributed by atoms with E-state index in [2.05, 4.69) is 5.32 Å². The van der Waals surface area contributed by atoms with E-state index in [1.165, 1.54) is 17.7 Å². The van der Waals surface area contributed by atoms with Gasteiger partial charge in [-0.1, -0.05) is 0 Å². The number of nitrogens with zero attached hydrogens (tertiary/aromatic N) is 2. The SMILES string of the molecule is CCO[C@H]1CC[C@H](C)N2C[C@H]1n1cc(C(=O)NCc3c(F)cc(C)cc3F)c(=O)c(O)c1C2=O. The largest absolute Gasteiger partial charge is 0.503 e. The van der Waals surface area contributed by atoms with Gasteiger partial charge in [-0.3, -0.25) is 14.4 Å². The number of carbonyl (C=O) groups is 2. The maximum absolute atomic E-state index is 14.1. The van der Waals surface area contributed by atoms with E-state index < -0.39 is 52.8 Å². The van der Waals surface area contributed by atoms with Gasteiger partial charge in [-0.15, -0.1) is 0 Å². The molecule has 2 aliphatic rings. The molecule has 34 heavy (non-hydrogen) atoms. The molecule has 2 aromatic rings. The van der Waals surface area contributed by atoms with Crippen LogP contribution >= 0.6 is 0 Å². The average molecular weight is 475 g/mol. The maximum atomic E-state index is 14.1. The third-order valence-corrected chi connectivity index (χ3v) is 6.58. The van der Waals surface area contributed by atoms with E-state index in [1.807, 2.05) is 13.8 Å². The van der Waals surface area contributed by atoms with E-state index in [0.717, 1.165) is 12.1 Å². The van der Waals surface area contributed by atoms with Gasteiger partial charge in [0.25, 0.3) is 11.8 Å². The van der Waals surface area contributed by atoms with Gasteiger partial charge in [0, 0.05) is 37.5 Å². The van der Waals surface area contributed by atoms with Crippen LogP contribution in [0, 0.1) is 18.6 Å². The van der Waals surface area contributed by atoms with Gasteiger partial charge in [-0.25, -0.2) is 8.78 Å². The number of aromatic hydroxyl groups is 1. The summed E-state index contributed by atoms with van der Waals surface area (Å²) < 4.78 is 35.6. The molecule has 1 saturated heterocycles. The van der Waals surface area contributed by atoms with E-state index in [1.54, 1.807) is 4.90 Å². The van der Waals surface area contributed by atoms with Gasteiger partial charge in [-0.2, -0.15) is 0 Å². The molecule has 10 heteroatoms. The summed E-state index contributed by atoms with van der Waals surface area (Å²) >= 11 is 0. The Kier molecular flexibility index (Phi) is 6.44. The number of fused-ring (bicyclic) bond motifs is 4. The lowest BCUT2D eigenvalue weighted by Crippen LogP contribution is -2.49. The van der Waals surface area contributed by atoms with Crippen molar-refractivity contribution in [1.82, 2.24) is 14.8 Å². The quantitative estimate of drug-likeness (QED) is 0.693. The molecule has 2 bridgehead atoms. The Morgan fingerprint density at radius 1 is 1.24 bits per heavy atom. The van der Waals surface area contributed by atoms with Gasteiger partial charge >= 0.3 is 0 Å². The zero-order valence-corrected chi connectivity index (χ0v) is 19.2. The highest BCUT2D eigenvalue weighted by atomic mass is 19.1. The Morgan fingerprint density at radius 2 is 1.91 bits per heavy atom. The number of pyridine rings is 1. The third kappa shape index (κ3) is 4.06. The van der Waals surface area contributed by atoms with Crippen LogP contribution in [0.2, 0.25) is 0 Å². The lowest BCUT2D eigenvalue weighted by Gasteiger charge is -2.38. The second kappa shape index (κ2) is 9.17. The molecule has 2 amide bonds. The van der Waals surface area contributed by atoms with E-state index in [0.29, 0.717) is 31.6 Å². The van der Waals surface area contributed by atoms with Crippen molar-refractivity contribution in [2.24, 2.45) is 0 Å². The summed E-state index contributed by atoms with van der Waals surface area (Å²) in [5.74, 6) is -3.88. The smallest absolute Gasteiger partial charge is 0.274 e. The standard InChI is InChI=1S/C24H27F2N3O5/c1-4-34-19-6-5-13(3)28-11-18(19)29-10-15(21(30)22(31)20(29)24(28)33)23(32)27-9-14-16(25)7-12(2)8-17(14)26/h7-8,10,13,18-19,31H,4-6,9,11H2,1-3H3,(H,27,32)/t13-,18+,19-/m0/s1. The zero-order valence-electron chi connectivity index (χ0n) is 19.2. The van der Waals surface area contributed by atoms with Gasteiger partial charge in [0.1, 0.15) is 17.2 Å². The number of aryl methyl sites for hydroxylation is 1. The molecule has 0 radical (unpaired) electrons. The Balaban J connectivity index is 1.72. The molecule has 1 aromatic carbocycles. The first-order valence-electron chi connectivity index (χ1n) is 11.3. The van der Waals surface area contributed by atoms with Crippen molar-refractivity contribution in [2.45, 2.75) is 58.3 Å². The van der Waals surface area contributed by atoms with Gasteiger partial charge in [0.2, 0.25) is 5.43 Å². The average Bonchev–Trinajstić information content (AvgIpc) is 2.91. The highest BCUT2D eigenvalue weighted by Gasteiger charge is 2.42. The molecule has 0 aliphatic carbocycles. The van der Waals surface area contributed by atoms with E-state index in [-0.39, 0.29) is 23.4 Å². The van der Waals surface area contributed by atoms with Gasteiger partial charge in [-0.05, 0) is 51.3 Å². The highest BCUT2D eigenvalue weighted by molar-refractivity contribution is 5.99. The summed E-state index contributed by atoms with van der Waals surface area (Å²) in [4.78, 5) is 40.4. The molecule has 8 nitrogen and oxygen atoms in total. The highest BCUT2D eigenvalue weighted by Crippen LogP contribution is 2.35. The first kappa shape index (κ1) is 23.9. The number of hydrogen-bond acceptors (Lipinski definition) is 5. The van der Waals surface area contributed by atoms with Gasteiger partial charge in [0.05, 0.1) is 12.1 Å². The third-order valence-electron chi connectivity index (χ3n) is 6.58. The van der Waals surface area contributed by atoms with E-state index in [4.69, 9.17) is 4.74 Å². The lowest BCUT2D eigenvalue weighted by molar-refractivity contribution is 0.0111. The number of amides is 2. The first-order valence-corrected chi connectivity index (χ1v) is 11.3. The van der Waals surface area contributed by atoms with Crippen LogP contribution in [0.15, 0.2) is 23.1 Å². The fourth-order valence-corrected chi connectivity index (χ4v) is 4.76. The van der Waals surface area contributed by atoms with Crippen LogP contribution in [0.25, 0.3) is 0 Å². The van der Waals surface area contributed by atoms with Crippen molar-refractivity contribution in [3.63, 3.8) is 0 Å². The lowest BCUT2D eigenvalue weighted by atomic mass is 10.0. The number of rotatable bonds is 5. The number of hydrogen-bond donors (Lipinski definition) is 2. The molecule has 0 spiro atoms. The summed E-state index contributed by atoms with van der Waals surface area (Å²) in [6.07, 6.45) is 2.28. The Morgan fingerprint density at radius 3 is 2.56 bits per heavy atom. The van der Waals surface area contributed by atoms with Crippen LogP contribution in [-0.2, 0) is 11.3 Å². The number of benzene rings is 1. The number of aromatic nitrogens is 1. The summed E-state index contributed by atoms with van der Waals surface area (Å²) in [5.41, 5.74) is -1.60. The number of ether oxygens (including phenoxy) is 1. The zero-order chi connectivity index (χ0) is 24.7. The molecular formula is C24H27F2N3O5. The van der Waals surface area contributed by atoms with Crippen molar-refractivity contribution < 1.29 is 28.2 Å². The number of nitrogens with one attached hydrogen (secondary N) is 1. The monoisotopic (exact) mass is 475 g/mol. The predicted molar refractivity (Wildman–Crippen MR) is 119 cm³/mol. The summed E-state index contributed by atoms with van der Waals surface area (Å²) in [6.45, 7) is 5.55. The minimum absolute atomic E-state index is 0.106. The normalized spacial score (nSPS) is 21.7. The van der Waals surface area contributed by atoms with Gasteiger partial charge in [0.15, 0.2) is 11.4 Å². The van der Waals surface area contributed by atoms with Crippen LogP contribution in [0.4, 0.5) is 8.78 Å². The van der Waals surface area contributed by atoms with Crippen molar-refractivity contribution in [1.29, 1.82) is 0 Å². The predicted octanol–water partition coefficient (Wildman–Crippen LogP) is 2.65. The summed E-state index contributed by atoms with van der Waals surface area (Å²) in [7, 11) is 0. The van der Waals surface area contributed by atoms with E-state index >= 15 is 0 Å². The van der Waals surface area contributed by atoms with Crippen LogP contribution < -0.4 is 10.7 Å². The molecule has 3 heterocycles. The second-order valence-corrected chi connectivity index (χ2v) is 8.81. The molecule has 1 aromatic heterocycles.